The van der Waals surface area contributed by atoms with Crippen LogP contribution in [0.2, 0.25) is 0 Å². The molecule has 0 atom stereocenters. The Morgan fingerprint density at radius 2 is 0.669 bits per heavy atom. The van der Waals surface area contributed by atoms with Gasteiger partial charge in [-0.2, -0.15) is 17.6 Å². The molecule has 0 fully saturated rings. The number of fused-ring (bicyclic) bond motifs is 5. The van der Waals surface area contributed by atoms with E-state index in [-0.39, 0.29) is 135 Å². The number of nitrogen functional groups attached to an aromatic ring is 4. The van der Waals surface area contributed by atoms with Gasteiger partial charge < -0.3 is 91.2 Å². The van der Waals surface area contributed by atoms with Crippen LogP contribution in [0.15, 0.2) is 157 Å². The number of nitrogens with zero attached hydrogens (tertiary/aromatic N) is 7. The van der Waals surface area contributed by atoms with Crippen molar-refractivity contribution in [3.63, 3.8) is 0 Å². The Hall–Kier alpha value is -10.6. The van der Waals surface area contributed by atoms with Crippen molar-refractivity contribution >= 4 is 258 Å². The van der Waals surface area contributed by atoms with Crippen LogP contribution >= 0.6 is 121 Å². The van der Waals surface area contributed by atoms with Crippen molar-refractivity contribution in [2.45, 2.75) is 119 Å². The van der Waals surface area contributed by atoms with Crippen molar-refractivity contribution in [3.05, 3.63) is 260 Å². The Morgan fingerprint density at radius 1 is 0.386 bits per heavy atom. The molecule has 0 aliphatic carbocycles. The standard InChI is InChI=1S/C34H37F4N5O12.C20H16F4N2O3.C16H20N2O3.C14H16N2O3.C10H10N2O.CH3I.I3.I2.HI/c1-19-11-26(45)43(6-2-3-31(54)55-34-32(37)22(35)13-23(36)33(34)38)24-12-20(4-5-21(19)24)39-25(44)14-41(16-28(48)49)9-7-40(15-27(46)47)8-10-42(17-29(50)51)18-30(52)53;1-10-7-16(27)26(15-8-11(25)4-5-12(10)15)6-2-3-17(28)29-20-18(23)13(21)9-14(22)19(20)24;1-3-21-16(20)5-4-8-18-14-10-12(17)6-7-13(14)11(2)9-15(18)19;1-9-7-13(17)16(6-2-3-14(18)19)12-8-10(15)4-5-11(9)12;1-6-4-10(13)12-9-5-7(11)2-3-8(6)9;1-2;1-3-2;1-2;/h4-5,11-13H,2-3,6-10,14-18H2,1H3,(H,39,44)(H,46,47)(H,48,49)(H,50,51)(H,52,53);4-5,7-9H,2-3,6,25H2,1H3;6-7,9-10H,3-5,8,17H2,1-2H3;4-5,7-8H,2-3,6,15H2,1H3,(H,18,19);2-5H,11H2,1H3,(H,12,13);1H3;;;1H/q;;;;;;-1;;. The van der Waals surface area contributed by atoms with Crippen molar-refractivity contribution < 1.29 is 131 Å². The molecule has 0 aliphatic rings. The number of benzene rings is 7. The van der Waals surface area contributed by atoms with Crippen LogP contribution < -0.4 is 78.8 Å². The van der Waals surface area contributed by atoms with Crippen molar-refractivity contribution in [1.82, 2.24) is 38.0 Å². The number of carboxylic acids is 5. The number of H-pyrrole nitrogens is 1. The number of nitrogens with two attached hydrogens (primary N) is 4. The summed E-state index contributed by atoms with van der Waals surface area (Å²) in [7, 11) is 0. The number of alkyl halides is 1. The van der Waals surface area contributed by atoms with E-state index in [0.717, 1.165) is 65.2 Å². The van der Waals surface area contributed by atoms with E-state index in [1.54, 1.807) is 96.6 Å². The molecule has 0 bridgehead atoms. The summed E-state index contributed by atoms with van der Waals surface area (Å²) in [6.45, 7) is 8.68. The molecule has 50 heteroatoms. The maximum absolute atomic E-state index is 13.9. The second-order valence-electron chi connectivity index (χ2n) is 31.5. The summed E-state index contributed by atoms with van der Waals surface area (Å²) >= 11 is 11.7. The number of carboxylic acid groups (broad SMARTS) is 5. The van der Waals surface area contributed by atoms with Crippen LogP contribution in [-0.4, -0.2) is 188 Å². The molecular formula is C95H103F8I7N13O22-. The van der Waals surface area contributed by atoms with Gasteiger partial charge in [0.15, 0.2) is 23.3 Å². The fourth-order valence-electron chi connectivity index (χ4n) is 14.5. The number of carbonyl (C=O) groups excluding carboxylic acids is 4. The van der Waals surface area contributed by atoms with Crippen LogP contribution in [0.5, 0.6) is 11.5 Å². The molecule has 0 saturated heterocycles. The average molecular weight is 2820 g/mol. The number of aromatic nitrogens is 5. The first-order chi connectivity index (χ1) is 68.1. The van der Waals surface area contributed by atoms with Gasteiger partial charge in [-0.25, -0.2) is 17.6 Å². The molecule has 145 heavy (non-hydrogen) atoms. The van der Waals surface area contributed by atoms with E-state index < -0.39 is 150 Å². The molecule has 5 aromatic heterocycles. The van der Waals surface area contributed by atoms with Crippen LogP contribution in [0.1, 0.15) is 86.1 Å². The average Bonchev–Trinajstić information content (AvgIpc) is 0.788. The van der Waals surface area contributed by atoms with E-state index >= 15 is 0 Å². The first-order valence-corrected chi connectivity index (χ1v) is 64.0. The number of hydrogen-bond acceptors (Lipinski definition) is 24. The molecule has 35 nitrogen and oxygen atoms in total. The van der Waals surface area contributed by atoms with Gasteiger partial charge in [-0.3, -0.25) is 81.8 Å². The number of aromatic amines is 1. The molecule has 1 amide bonds. The molecule has 0 aliphatic heterocycles. The summed E-state index contributed by atoms with van der Waals surface area (Å²) < 4.78 is 128. The molecule has 0 radical (unpaired) electrons. The number of aryl methyl sites for hydroxylation is 9. The molecule has 5 heterocycles. The molecule has 786 valence electrons. The molecule has 0 spiro atoms. The van der Waals surface area contributed by atoms with Gasteiger partial charge >= 0.3 is 98.2 Å². The Kier molecular flexibility index (Phi) is 55.2. The number of halogens is 15. The fraction of sp³-hybridized carbons (Fsp3) is 0.305. The number of rotatable bonds is 36. The topological polar surface area (TPSA) is 529 Å². The zero-order valence-corrected chi connectivity index (χ0v) is 93.8. The summed E-state index contributed by atoms with van der Waals surface area (Å²) in [5, 5.41) is 52.5. The zero-order valence-electron chi connectivity index (χ0n) is 78.6. The van der Waals surface area contributed by atoms with Gasteiger partial charge in [-0.15, -0.1) is 24.0 Å². The third-order valence-corrected chi connectivity index (χ3v) is 20.9. The number of pyridine rings is 5. The number of hydrogen-bond donors (Lipinski definition) is 11. The molecule has 12 aromatic rings. The normalized spacial score (nSPS) is 10.7. The molecule has 0 saturated carbocycles. The molecule has 15 N–H and O–H groups in total. The number of nitrogens with one attached hydrogen (secondary N) is 2. The molecular weight excluding hydrogens is 2720 g/mol. The number of ether oxygens (including phenoxy) is 3. The number of carbonyl (C=O) groups is 9. The summed E-state index contributed by atoms with van der Waals surface area (Å²) in [6.07, 6.45) is 0.403. The second kappa shape index (κ2) is 63.2. The van der Waals surface area contributed by atoms with E-state index in [4.69, 9.17) is 43.0 Å². The fourth-order valence-corrected chi connectivity index (χ4v) is 14.5. The van der Waals surface area contributed by atoms with Gasteiger partial charge in [0.2, 0.25) is 46.2 Å². The van der Waals surface area contributed by atoms with Crippen LogP contribution in [0, 0.1) is 81.2 Å². The minimum absolute atomic E-state index is 0. The second-order valence-corrected chi connectivity index (χ2v) is 47.7. The predicted molar refractivity (Wildman–Crippen MR) is 584 cm³/mol. The predicted octanol–water partition coefficient (Wildman–Crippen LogP) is 12.9. The number of aliphatic carboxylic acids is 5. The Morgan fingerprint density at radius 3 is 1.00 bits per heavy atom. The van der Waals surface area contributed by atoms with Gasteiger partial charge in [0.1, 0.15) is 0 Å². The SMILES string of the molecule is CCOC(=O)CCCn1c(=O)cc(C)c2ccc(N)cc21.CI.Cc1cc(=O)[nH]c2cc(N)ccc12.Cc1cc(=O)n(CCCC(=O)O)c2cc(N)ccc12.Cc1cc(=O)n(CCCC(=O)Oc2c(F)c(F)cc(F)c2F)c2cc(N)ccc12.Cc1cc(=O)n(CCCC(=O)Oc2c(F)c(F)cc(F)c2F)c2cc(NC(=O)CN(CCN(CCN(CC(=O)O)CC(=O)O)CC(=O)O)CC(=O)O)ccc12.I.II.I[I-]I. The number of amides is 1. The first kappa shape index (κ1) is 127. The first-order valence-electron chi connectivity index (χ1n) is 43.0. The third kappa shape index (κ3) is 40.2. The van der Waals surface area contributed by atoms with Crippen LogP contribution in [0.25, 0.3) is 54.5 Å². The molecule has 12 rings (SSSR count). The van der Waals surface area contributed by atoms with Gasteiger partial charge in [-0.1, -0.05) is 52.9 Å². The maximum atomic E-state index is 13.9. The summed E-state index contributed by atoms with van der Waals surface area (Å²) in [5.74, 6) is -26.6. The van der Waals surface area contributed by atoms with Gasteiger partial charge in [0.25, 0.3) is 22.2 Å². The van der Waals surface area contributed by atoms with Gasteiger partial charge in [0.05, 0.1) is 66.9 Å². The van der Waals surface area contributed by atoms with Crippen molar-refractivity contribution in [2.75, 3.05) is 98.7 Å². The van der Waals surface area contributed by atoms with Gasteiger partial charge in [0, 0.05) is 213 Å². The third-order valence-electron chi connectivity index (χ3n) is 20.9. The Bertz CT molecular complexity index is 6900. The van der Waals surface area contributed by atoms with E-state index in [1.165, 1.54) is 43.2 Å². The summed E-state index contributed by atoms with van der Waals surface area (Å²) in [6, 6.07) is 33.6. The van der Waals surface area contributed by atoms with Crippen LogP contribution in [-0.2, 0) is 74.1 Å². The van der Waals surface area contributed by atoms with E-state index in [2.05, 4.69) is 117 Å². The minimum atomic E-state index is -1.90. The number of anilines is 5. The van der Waals surface area contributed by atoms with Crippen molar-refractivity contribution in [3.8, 4) is 11.5 Å². The molecule has 0 unspecified atom stereocenters. The van der Waals surface area contributed by atoms with Crippen LogP contribution in [0.4, 0.5) is 63.6 Å². The van der Waals surface area contributed by atoms with Crippen molar-refractivity contribution in [1.29, 1.82) is 0 Å². The van der Waals surface area contributed by atoms with E-state index in [1.807, 2.05) is 56.0 Å². The van der Waals surface area contributed by atoms with Crippen molar-refractivity contribution in [2.24, 2.45) is 0 Å². The van der Waals surface area contributed by atoms with E-state index in [0.29, 0.717) is 96.9 Å². The Balaban J connectivity index is 0.000000406. The monoisotopic (exact) mass is 2820 g/mol. The van der Waals surface area contributed by atoms with Crippen LogP contribution in [0.3, 0.4) is 0 Å². The van der Waals surface area contributed by atoms with Gasteiger partial charge in [-0.05, 0) is 161 Å². The molecule has 7 aromatic carbocycles. The van der Waals surface area contributed by atoms with E-state index in [9.17, 15) is 112 Å². The Labute approximate surface area is 906 Å². The zero-order chi connectivity index (χ0) is 108. The summed E-state index contributed by atoms with van der Waals surface area (Å²) in [5.41, 5.74) is 31.7. The quantitative estimate of drug-likeness (QED) is 0.00330. The summed E-state index contributed by atoms with van der Waals surface area (Å²) in [4.78, 5) is 173. The number of esters is 3.